The molecule has 4 rings (SSSR count). The average molecular weight is 378 g/mol. The molecule has 2 aromatic carbocycles. The summed E-state index contributed by atoms with van der Waals surface area (Å²) < 4.78 is 21.7. The van der Waals surface area contributed by atoms with Gasteiger partial charge in [-0.25, -0.2) is 4.39 Å². The first-order valence-electron chi connectivity index (χ1n) is 9.52. The molecular formula is C23H25FN3O+. The lowest BCUT2D eigenvalue weighted by atomic mass is 9.98. The number of hydrogen-bond donors (Lipinski definition) is 0. The van der Waals surface area contributed by atoms with E-state index < -0.39 is 0 Å². The number of quaternary nitrogens is 1. The van der Waals surface area contributed by atoms with Gasteiger partial charge in [-0.2, -0.15) is 5.10 Å². The first-order valence-corrected chi connectivity index (χ1v) is 9.52. The van der Waals surface area contributed by atoms with Crippen LogP contribution in [-0.2, 0) is 11.3 Å². The fourth-order valence-corrected chi connectivity index (χ4v) is 3.84. The molecule has 0 unspecified atom stereocenters. The van der Waals surface area contributed by atoms with Crippen LogP contribution in [0.25, 0.3) is 16.5 Å². The maximum Gasteiger partial charge on any atom is 0.148 e. The van der Waals surface area contributed by atoms with Gasteiger partial charge in [-0.15, -0.1) is 0 Å². The summed E-state index contributed by atoms with van der Waals surface area (Å²) in [6.45, 7) is 7.26. The lowest BCUT2D eigenvalue weighted by Crippen LogP contribution is -2.31. The van der Waals surface area contributed by atoms with Crippen LogP contribution in [0.4, 0.5) is 10.1 Å². The van der Waals surface area contributed by atoms with E-state index in [-0.39, 0.29) is 5.82 Å². The Morgan fingerprint density at radius 1 is 1.21 bits per heavy atom. The van der Waals surface area contributed by atoms with Crippen molar-refractivity contribution in [1.29, 1.82) is 0 Å². The molecule has 1 aliphatic heterocycles. The highest BCUT2D eigenvalue weighted by Crippen LogP contribution is 2.42. The fraction of sp³-hybridized carbons (Fsp3) is 0.261. The molecule has 0 saturated heterocycles. The van der Waals surface area contributed by atoms with Crippen molar-refractivity contribution in [3.05, 3.63) is 78.1 Å². The van der Waals surface area contributed by atoms with Crippen molar-refractivity contribution >= 4 is 22.2 Å². The van der Waals surface area contributed by atoms with Crippen LogP contribution in [0.15, 0.2) is 61.1 Å². The third kappa shape index (κ3) is 3.22. The van der Waals surface area contributed by atoms with Crippen molar-refractivity contribution in [3.63, 3.8) is 0 Å². The van der Waals surface area contributed by atoms with Gasteiger partial charge in [0.1, 0.15) is 17.7 Å². The predicted octanol–water partition coefficient (Wildman–Crippen LogP) is 5.09. The molecule has 0 spiro atoms. The Hall–Kier alpha value is -2.92. The number of benzene rings is 2. The molecule has 5 heteroatoms. The first kappa shape index (κ1) is 18.4. The quantitative estimate of drug-likeness (QED) is 0.441. The Bertz CT molecular complexity index is 1090. The standard InChI is InChI=1S/C23H25FN3O/c1-5-28-16(2)10-11-26-22-9-6-17(12-18(22)14-25-26)21-15-27(3,4)23-13-19(24)7-8-20(21)23/h6-9,12-15H,2,5,10-11H2,1,3-4H3/q+1. The molecule has 0 fully saturated rings. The molecule has 1 aromatic heterocycles. The van der Waals surface area contributed by atoms with Crippen LogP contribution in [-0.4, -0.2) is 30.5 Å². The van der Waals surface area contributed by atoms with Gasteiger partial charge in [0, 0.05) is 35.6 Å². The Kier molecular flexibility index (Phi) is 4.55. The van der Waals surface area contributed by atoms with Crippen molar-refractivity contribution in [2.24, 2.45) is 0 Å². The maximum absolute atomic E-state index is 13.8. The van der Waals surface area contributed by atoms with Crippen molar-refractivity contribution in [2.75, 3.05) is 20.7 Å². The zero-order valence-corrected chi connectivity index (χ0v) is 16.6. The van der Waals surface area contributed by atoms with Gasteiger partial charge in [-0.05, 0) is 36.8 Å². The van der Waals surface area contributed by atoms with Gasteiger partial charge in [-0.3, -0.25) is 9.16 Å². The zero-order chi connectivity index (χ0) is 19.9. The highest BCUT2D eigenvalue weighted by Gasteiger charge is 2.32. The third-order valence-corrected chi connectivity index (χ3v) is 5.23. The summed E-state index contributed by atoms with van der Waals surface area (Å²) >= 11 is 0. The minimum Gasteiger partial charge on any atom is -0.499 e. The van der Waals surface area contributed by atoms with Gasteiger partial charge in [0.05, 0.1) is 38.2 Å². The second-order valence-electron chi connectivity index (χ2n) is 7.61. The van der Waals surface area contributed by atoms with E-state index >= 15 is 0 Å². The summed E-state index contributed by atoms with van der Waals surface area (Å²) in [4.78, 5) is 0. The van der Waals surface area contributed by atoms with Crippen LogP contribution in [0.5, 0.6) is 0 Å². The molecule has 0 N–H and O–H groups in total. The zero-order valence-electron chi connectivity index (χ0n) is 16.6. The summed E-state index contributed by atoms with van der Waals surface area (Å²) in [7, 11) is 4.13. The van der Waals surface area contributed by atoms with Crippen LogP contribution >= 0.6 is 0 Å². The minimum atomic E-state index is -0.204. The van der Waals surface area contributed by atoms with Crippen LogP contribution in [0.2, 0.25) is 0 Å². The maximum atomic E-state index is 13.8. The molecule has 0 radical (unpaired) electrons. The number of rotatable bonds is 6. The lowest BCUT2D eigenvalue weighted by molar-refractivity contribution is 0.216. The van der Waals surface area contributed by atoms with Gasteiger partial charge in [0.2, 0.25) is 0 Å². The minimum absolute atomic E-state index is 0.204. The van der Waals surface area contributed by atoms with E-state index in [4.69, 9.17) is 4.74 Å². The average Bonchev–Trinajstić information content (AvgIpc) is 3.18. The van der Waals surface area contributed by atoms with Crippen LogP contribution in [0, 0.1) is 5.82 Å². The van der Waals surface area contributed by atoms with Gasteiger partial charge in [0.25, 0.3) is 0 Å². The molecule has 0 atom stereocenters. The molecule has 0 bridgehead atoms. The van der Waals surface area contributed by atoms with Crippen LogP contribution in [0.1, 0.15) is 24.5 Å². The van der Waals surface area contributed by atoms with Crippen molar-refractivity contribution in [2.45, 2.75) is 19.9 Å². The Morgan fingerprint density at radius 3 is 2.82 bits per heavy atom. The van der Waals surface area contributed by atoms with E-state index in [1.54, 1.807) is 6.07 Å². The topological polar surface area (TPSA) is 27.1 Å². The molecule has 2 heterocycles. The Labute approximate surface area is 164 Å². The van der Waals surface area contributed by atoms with Crippen molar-refractivity contribution in [3.8, 4) is 0 Å². The molecule has 144 valence electrons. The van der Waals surface area contributed by atoms with Gasteiger partial charge >= 0.3 is 0 Å². The largest absolute Gasteiger partial charge is 0.499 e. The van der Waals surface area contributed by atoms with Crippen molar-refractivity contribution < 1.29 is 9.13 Å². The number of aryl methyl sites for hydroxylation is 1. The number of aromatic nitrogens is 2. The molecule has 0 aliphatic carbocycles. The van der Waals surface area contributed by atoms with E-state index in [1.165, 1.54) is 6.07 Å². The number of ether oxygens (including phenoxy) is 1. The summed E-state index contributed by atoms with van der Waals surface area (Å²) in [5.74, 6) is 0.577. The molecule has 1 aliphatic rings. The second kappa shape index (κ2) is 6.91. The second-order valence-corrected chi connectivity index (χ2v) is 7.61. The van der Waals surface area contributed by atoms with E-state index in [1.807, 2.05) is 23.9 Å². The number of allylic oxidation sites excluding steroid dienone is 1. The van der Waals surface area contributed by atoms with Gasteiger partial charge < -0.3 is 4.74 Å². The number of halogens is 1. The highest BCUT2D eigenvalue weighted by atomic mass is 19.1. The third-order valence-electron chi connectivity index (χ3n) is 5.23. The summed E-state index contributed by atoms with van der Waals surface area (Å²) in [5.41, 5.74) is 5.37. The summed E-state index contributed by atoms with van der Waals surface area (Å²) in [6, 6.07) is 11.4. The van der Waals surface area contributed by atoms with Gasteiger partial charge in [0.15, 0.2) is 0 Å². The molecule has 0 amide bonds. The predicted molar refractivity (Wildman–Crippen MR) is 112 cm³/mol. The smallest absolute Gasteiger partial charge is 0.148 e. The number of nitrogens with zero attached hydrogens (tertiary/aromatic N) is 3. The van der Waals surface area contributed by atoms with E-state index in [0.717, 1.165) is 52.0 Å². The highest BCUT2D eigenvalue weighted by molar-refractivity contribution is 5.94. The normalized spacial score (nSPS) is 14.8. The molecule has 4 nitrogen and oxygen atoms in total. The van der Waals surface area contributed by atoms with E-state index in [2.05, 4.69) is 50.2 Å². The fourth-order valence-electron chi connectivity index (χ4n) is 3.84. The number of fused-ring (bicyclic) bond motifs is 2. The van der Waals surface area contributed by atoms with E-state index in [0.29, 0.717) is 11.1 Å². The molecular weight excluding hydrogens is 353 g/mol. The van der Waals surface area contributed by atoms with Crippen LogP contribution < -0.4 is 4.48 Å². The van der Waals surface area contributed by atoms with Crippen LogP contribution in [0.3, 0.4) is 0 Å². The lowest BCUT2D eigenvalue weighted by Gasteiger charge is -2.20. The molecule has 3 aromatic rings. The Balaban J connectivity index is 1.66. The van der Waals surface area contributed by atoms with Crippen molar-refractivity contribution in [1.82, 2.24) is 14.3 Å². The molecule has 28 heavy (non-hydrogen) atoms. The summed E-state index contributed by atoms with van der Waals surface area (Å²) in [5, 5.41) is 5.61. The Morgan fingerprint density at radius 2 is 2.04 bits per heavy atom. The molecule has 0 saturated carbocycles. The number of hydrogen-bond acceptors (Lipinski definition) is 2. The SMILES string of the molecule is C=C(CCn1ncc2cc(C3=C[N+](C)(C)c4cc(F)ccc43)ccc21)OCC. The van der Waals surface area contributed by atoms with Gasteiger partial charge in [-0.1, -0.05) is 12.6 Å². The monoisotopic (exact) mass is 378 g/mol. The van der Waals surface area contributed by atoms with E-state index in [9.17, 15) is 4.39 Å². The first-order chi connectivity index (χ1) is 13.4. The summed E-state index contributed by atoms with van der Waals surface area (Å²) in [6.07, 6.45) is 4.80.